The minimum atomic E-state index is -0.141. The zero-order valence-corrected chi connectivity index (χ0v) is 8.84. The lowest BCUT2D eigenvalue weighted by molar-refractivity contribution is 0.396. The quantitative estimate of drug-likeness (QED) is 0.542. The first-order valence-corrected chi connectivity index (χ1v) is 5.24. The Morgan fingerprint density at radius 3 is 2.17 bits per heavy atom. The van der Waals surface area contributed by atoms with Gasteiger partial charge in [-0.2, -0.15) is 0 Å². The molecule has 1 fully saturated rings. The van der Waals surface area contributed by atoms with E-state index in [0.717, 1.165) is 0 Å². The third-order valence-corrected chi connectivity index (χ3v) is 4.21. The molecule has 0 amide bonds. The molecule has 0 saturated heterocycles. The number of hydrogen-bond donors (Lipinski definition) is 0. The first kappa shape index (κ1) is 8.48. The molecule has 0 unspecified atom stereocenters. The number of hydrogen-bond acceptors (Lipinski definition) is 0. The molecule has 1 aromatic rings. The van der Waals surface area contributed by atoms with E-state index >= 15 is 0 Å². The molecule has 0 aromatic heterocycles. The van der Waals surface area contributed by atoms with Crippen molar-refractivity contribution in [2.24, 2.45) is 0 Å². The van der Waals surface area contributed by atoms with Crippen LogP contribution in [0.2, 0.25) is 0 Å². The molecule has 0 aliphatic heterocycles. The van der Waals surface area contributed by atoms with E-state index in [1.54, 1.807) is 12.1 Å². The van der Waals surface area contributed by atoms with Gasteiger partial charge in [-0.25, -0.2) is 4.39 Å². The van der Waals surface area contributed by atoms with Crippen molar-refractivity contribution in [3.8, 4) is 0 Å². The molecule has 1 aliphatic carbocycles. The molecule has 0 nitrogen and oxygen atoms in total. The fraction of sp³-hybridized carbons (Fsp3) is 0.400. The molecule has 1 saturated carbocycles. The molecule has 0 atom stereocenters. The molecule has 2 heteroatoms. The maximum atomic E-state index is 12.6. The highest BCUT2D eigenvalue weighted by atomic mass is 127. The average molecular weight is 276 g/mol. The number of rotatable bonds is 1. The number of alkyl halides is 1. The SMILES string of the molecule is Fc1ccc(C2(I)CCC2)cc1. The van der Waals surface area contributed by atoms with Crippen LogP contribution in [0.3, 0.4) is 0 Å². The van der Waals surface area contributed by atoms with Gasteiger partial charge < -0.3 is 0 Å². The van der Waals surface area contributed by atoms with Crippen molar-refractivity contribution in [3.63, 3.8) is 0 Å². The average Bonchev–Trinajstić information content (AvgIpc) is 2.02. The summed E-state index contributed by atoms with van der Waals surface area (Å²) in [6.07, 6.45) is 3.78. The Balaban J connectivity index is 2.28. The molecule has 0 radical (unpaired) electrons. The van der Waals surface area contributed by atoms with Crippen LogP contribution in [0.4, 0.5) is 4.39 Å². The summed E-state index contributed by atoms with van der Waals surface area (Å²) < 4.78 is 12.9. The molecular formula is C10H10FI. The molecule has 1 aromatic carbocycles. The van der Waals surface area contributed by atoms with Crippen LogP contribution in [0.1, 0.15) is 24.8 Å². The first-order valence-electron chi connectivity index (χ1n) is 4.16. The third kappa shape index (κ3) is 1.37. The van der Waals surface area contributed by atoms with Gasteiger partial charge >= 0.3 is 0 Å². The molecule has 0 spiro atoms. The van der Waals surface area contributed by atoms with Crippen LogP contribution in [0, 0.1) is 5.82 Å². The van der Waals surface area contributed by atoms with Gasteiger partial charge in [0.05, 0.1) is 0 Å². The van der Waals surface area contributed by atoms with Crippen molar-refractivity contribution in [2.75, 3.05) is 0 Å². The van der Waals surface area contributed by atoms with Gasteiger partial charge in [0.25, 0.3) is 0 Å². The zero-order chi connectivity index (χ0) is 8.60. The van der Waals surface area contributed by atoms with Crippen molar-refractivity contribution in [2.45, 2.75) is 22.7 Å². The summed E-state index contributed by atoms with van der Waals surface area (Å²) in [5, 5.41) is 0. The summed E-state index contributed by atoms with van der Waals surface area (Å²) in [5.41, 5.74) is 1.27. The van der Waals surface area contributed by atoms with Gasteiger partial charge in [-0.15, -0.1) is 0 Å². The Morgan fingerprint density at radius 1 is 1.17 bits per heavy atom. The first-order chi connectivity index (χ1) is 5.71. The lowest BCUT2D eigenvalue weighted by Crippen LogP contribution is -2.26. The molecular weight excluding hydrogens is 266 g/mol. The Labute approximate surface area is 85.3 Å². The van der Waals surface area contributed by atoms with Crippen molar-refractivity contribution in [3.05, 3.63) is 35.6 Å². The fourth-order valence-corrected chi connectivity index (χ4v) is 2.65. The smallest absolute Gasteiger partial charge is 0.123 e. The van der Waals surface area contributed by atoms with Gasteiger partial charge in [-0.1, -0.05) is 41.1 Å². The fourth-order valence-electron chi connectivity index (χ4n) is 1.52. The van der Waals surface area contributed by atoms with Crippen LogP contribution in [-0.2, 0) is 3.42 Å². The van der Waals surface area contributed by atoms with Crippen LogP contribution in [0.5, 0.6) is 0 Å². The second-order valence-electron chi connectivity index (χ2n) is 3.33. The van der Waals surface area contributed by atoms with Crippen LogP contribution in [0.15, 0.2) is 24.3 Å². The lowest BCUT2D eigenvalue weighted by atomic mass is 9.80. The van der Waals surface area contributed by atoms with Crippen molar-refractivity contribution >= 4 is 22.6 Å². The predicted molar refractivity (Wildman–Crippen MR) is 55.9 cm³/mol. The molecule has 1 aliphatic rings. The minimum Gasteiger partial charge on any atom is -0.207 e. The van der Waals surface area contributed by atoms with Gasteiger partial charge in [0.2, 0.25) is 0 Å². The van der Waals surface area contributed by atoms with Crippen LogP contribution < -0.4 is 0 Å². The summed E-state index contributed by atoms with van der Waals surface area (Å²) in [7, 11) is 0. The molecule has 2 rings (SSSR count). The maximum Gasteiger partial charge on any atom is 0.123 e. The molecule has 64 valence electrons. The standard InChI is InChI=1S/C10H10FI/c11-9-4-2-8(3-5-9)10(12)6-1-7-10/h2-5H,1,6-7H2. The Kier molecular flexibility index (Phi) is 2.10. The highest BCUT2D eigenvalue weighted by molar-refractivity contribution is 14.1. The van der Waals surface area contributed by atoms with Gasteiger partial charge in [0, 0.05) is 3.42 Å². The van der Waals surface area contributed by atoms with Gasteiger partial charge in [-0.05, 0) is 30.5 Å². The molecule has 0 bridgehead atoms. The molecule has 12 heavy (non-hydrogen) atoms. The summed E-state index contributed by atoms with van der Waals surface area (Å²) in [5.74, 6) is -0.141. The third-order valence-electron chi connectivity index (χ3n) is 2.51. The van der Waals surface area contributed by atoms with Crippen LogP contribution >= 0.6 is 22.6 Å². The van der Waals surface area contributed by atoms with Gasteiger partial charge in [-0.3, -0.25) is 0 Å². The van der Waals surface area contributed by atoms with Gasteiger partial charge in [0.15, 0.2) is 0 Å². The molecule has 0 N–H and O–H groups in total. The number of halogens is 2. The van der Waals surface area contributed by atoms with E-state index in [2.05, 4.69) is 22.6 Å². The topological polar surface area (TPSA) is 0 Å². The van der Waals surface area contributed by atoms with E-state index in [0.29, 0.717) is 3.42 Å². The number of benzene rings is 1. The van der Waals surface area contributed by atoms with Crippen molar-refractivity contribution in [1.82, 2.24) is 0 Å². The zero-order valence-electron chi connectivity index (χ0n) is 6.69. The second kappa shape index (κ2) is 2.98. The Bertz CT molecular complexity index is 274. The summed E-state index contributed by atoms with van der Waals surface area (Å²) in [6.45, 7) is 0. The lowest BCUT2D eigenvalue weighted by Gasteiger charge is -2.36. The Morgan fingerprint density at radius 2 is 1.75 bits per heavy atom. The highest BCUT2D eigenvalue weighted by Crippen LogP contribution is 2.49. The van der Waals surface area contributed by atoms with E-state index in [1.165, 1.54) is 24.8 Å². The van der Waals surface area contributed by atoms with E-state index in [-0.39, 0.29) is 5.82 Å². The summed E-state index contributed by atoms with van der Waals surface area (Å²) in [6, 6.07) is 6.91. The monoisotopic (exact) mass is 276 g/mol. The summed E-state index contributed by atoms with van der Waals surface area (Å²) >= 11 is 2.48. The van der Waals surface area contributed by atoms with Crippen LogP contribution in [-0.4, -0.2) is 0 Å². The van der Waals surface area contributed by atoms with E-state index in [4.69, 9.17) is 0 Å². The summed E-state index contributed by atoms with van der Waals surface area (Å²) in [4.78, 5) is 0. The van der Waals surface area contributed by atoms with E-state index in [1.807, 2.05) is 12.1 Å². The Hall–Kier alpha value is -0.120. The van der Waals surface area contributed by atoms with Gasteiger partial charge in [0.1, 0.15) is 5.82 Å². The predicted octanol–water partition coefficient (Wildman–Crippen LogP) is 3.64. The van der Waals surface area contributed by atoms with E-state index < -0.39 is 0 Å². The largest absolute Gasteiger partial charge is 0.207 e. The normalized spacial score (nSPS) is 20.2. The highest BCUT2D eigenvalue weighted by Gasteiger charge is 2.35. The van der Waals surface area contributed by atoms with Crippen LogP contribution in [0.25, 0.3) is 0 Å². The second-order valence-corrected chi connectivity index (χ2v) is 5.39. The maximum absolute atomic E-state index is 12.6. The van der Waals surface area contributed by atoms with E-state index in [9.17, 15) is 4.39 Å². The molecule has 0 heterocycles. The van der Waals surface area contributed by atoms with Crippen molar-refractivity contribution in [1.29, 1.82) is 0 Å². The van der Waals surface area contributed by atoms with Crippen molar-refractivity contribution < 1.29 is 4.39 Å². The minimum absolute atomic E-state index is 0.141.